The minimum atomic E-state index is -0.962. The van der Waals surface area contributed by atoms with Crippen molar-refractivity contribution in [2.75, 3.05) is 11.9 Å². The van der Waals surface area contributed by atoms with Gasteiger partial charge in [0.25, 0.3) is 0 Å². The lowest BCUT2D eigenvalue weighted by atomic mass is 9.85. The molecule has 0 bridgehead atoms. The van der Waals surface area contributed by atoms with E-state index in [0.29, 0.717) is 22.4 Å². The first kappa shape index (κ1) is 29.4. The number of cyclic esters (lactones) is 1. The van der Waals surface area contributed by atoms with Gasteiger partial charge in [-0.15, -0.1) is 0 Å². The zero-order valence-corrected chi connectivity index (χ0v) is 23.0. The quantitative estimate of drug-likeness (QED) is 0.177. The number of phenols is 1. The van der Waals surface area contributed by atoms with Crippen LogP contribution in [0.25, 0.3) is 0 Å². The summed E-state index contributed by atoms with van der Waals surface area (Å²) in [6.07, 6.45) is -0.611. The highest BCUT2D eigenvalue weighted by Crippen LogP contribution is 2.38. The highest BCUT2D eigenvalue weighted by atomic mass is 19.1. The first-order valence-electron chi connectivity index (χ1n) is 13.8. The van der Waals surface area contributed by atoms with E-state index in [0.717, 1.165) is 4.90 Å². The molecule has 2 N–H and O–H groups in total. The lowest BCUT2D eigenvalue weighted by Gasteiger charge is -2.32. The number of rotatable bonds is 11. The summed E-state index contributed by atoms with van der Waals surface area (Å²) in [5.74, 6) is -2.40. The molecule has 4 aromatic rings. The van der Waals surface area contributed by atoms with Crippen LogP contribution in [0, 0.1) is 22.5 Å². The molecule has 1 aliphatic rings. The maximum absolute atomic E-state index is 14.5. The summed E-state index contributed by atoms with van der Waals surface area (Å²) in [5, 5.41) is 16.5. The van der Waals surface area contributed by atoms with Gasteiger partial charge in [-0.1, -0.05) is 59.8 Å². The third-order valence-corrected chi connectivity index (χ3v) is 7.57. The number of nitrogens with one attached hydrogen (secondary N) is 1. The van der Waals surface area contributed by atoms with E-state index in [1.807, 2.05) is 6.07 Å². The summed E-state index contributed by atoms with van der Waals surface area (Å²) >= 11 is 0. The van der Waals surface area contributed by atoms with Crippen LogP contribution in [-0.2, 0) is 9.53 Å². The minimum absolute atomic E-state index is 0.0148. The lowest BCUT2D eigenvalue weighted by Crippen LogP contribution is -2.42. The van der Waals surface area contributed by atoms with Crippen LogP contribution in [0.4, 0.5) is 19.3 Å². The largest absolute Gasteiger partial charge is 0.508 e. The zero-order valence-electron chi connectivity index (χ0n) is 23.0. The molecule has 0 aliphatic carbocycles. The van der Waals surface area contributed by atoms with E-state index in [1.165, 1.54) is 60.7 Å². The Bertz CT molecular complexity index is 1550. The zero-order chi connectivity index (χ0) is 30.3. The molecule has 1 fully saturated rings. The summed E-state index contributed by atoms with van der Waals surface area (Å²) in [6.45, 7) is -0.0231. The second-order valence-corrected chi connectivity index (χ2v) is 10.3. The number of amides is 2. The highest BCUT2D eigenvalue weighted by molar-refractivity contribution is 5.95. The van der Waals surface area contributed by atoms with E-state index in [-0.39, 0.29) is 25.2 Å². The highest BCUT2D eigenvalue weighted by Gasteiger charge is 2.44. The van der Waals surface area contributed by atoms with Crippen molar-refractivity contribution in [3.8, 4) is 5.75 Å². The number of nitroso groups, excluding NO2 is 1. The fraction of sp³-hybridized carbons (Fsp3) is 0.212. The number of phenolic OH excluding ortho intramolecular Hbond substituents is 1. The number of aromatic hydroxyl groups is 1. The smallest absolute Gasteiger partial charge is 0.417 e. The van der Waals surface area contributed by atoms with E-state index in [4.69, 9.17) is 4.74 Å². The standard InChI is InChI=1S/C33H29F2N3O5/c34-24-10-6-21(7-11-24)29(37-42)19-18-28(32(40)38-30(20-43-33(38)41)22-4-2-1-3-5-22)31(23-8-16-27(39)17-9-23)36-26-14-12-25(35)13-15-26/h1-17,28-31,36,39H,18-20H2/t28?,29?,30-,31?/m1/s1. The van der Waals surface area contributed by atoms with Gasteiger partial charge in [-0.2, -0.15) is 4.91 Å². The number of carbonyl (C=O) groups excluding carboxylic acids is 2. The van der Waals surface area contributed by atoms with Crippen molar-refractivity contribution in [2.24, 2.45) is 11.1 Å². The molecule has 1 saturated heterocycles. The number of nitrogens with zero attached hydrogens (tertiary/aromatic N) is 2. The predicted octanol–water partition coefficient (Wildman–Crippen LogP) is 7.45. The molecule has 5 rings (SSSR count). The number of benzene rings is 4. The van der Waals surface area contributed by atoms with E-state index in [9.17, 15) is 28.4 Å². The van der Waals surface area contributed by atoms with Crippen molar-refractivity contribution in [1.82, 2.24) is 4.90 Å². The number of halogens is 2. The fourth-order valence-electron chi connectivity index (χ4n) is 5.32. The monoisotopic (exact) mass is 585 g/mol. The molecule has 3 unspecified atom stereocenters. The Morgan fingerprint density at radius 3 is 2.12 bits per heavy atom. The third kappa shape index (κ3) is 6.86. The molecule has 0 spiro atoms. The molecule has 8 nitrogen and oxygen atoms in total. The Balaban J connectivity index is 1.54. The molecule has 0 radical (unpaired) electrons. The average Bonchev–Trinajstić information content (AvgIpc) is 3.42. The number of hydrogen-bond acceptors (Lipinski definition) is 7. The molecule has 0 aromatic heterocycles. The van der Waals surface area contributed by atoms with Crippen molar-refractivity contribution < 1.29 is 28.2 Å². The predicted molar refractivity (Wildman–Crippen MR) is 156 cm³/mol. The Morgan fingerprint density at radius 2 is 1.49 bits per heavy atom. The van der Waals surface area contributed by atoms with Crippen LogP contribution in [0.5, 0.6) is 5.75 Å². The van der Waals surface area contributed by atoms with Crippen LogP contribution in [0.2, 0.25) is 0 Å². The molecule has 1 heterocycles. The molecule has 43 heavy (non-hydrogen) atoms. The van der Waals surface area contributed by atoms with Crippen LogP contribution in [-0.4, -0.2) is 28.6 Å². The Morgan fingerprint density at radius 1 is 0.884 bits per heavy atom. The van der Waals surface area contributed by atoms with E-state index in [2.05, 4.69) is 10.5 Å². The van der Waals surface area contributed by atoms with E-state index in [1.54, 1.807) is 36.4 Å². The molecule has 2 amide bonds. The number of carbonyl (C=O) groups is 2. The summed E-state index contributed by atoms with van der Waals surface area (Å²) in [4.78, 5) is 40.5. The summed E-state index contributed by atoms with van der Waals surface area (Å²) in [5.41, 5.74) is 2.30. The maximum Gasteiger partial charge on any atom is 0.417 e. The molecular formula is C33H29F2N3O5. The van der Waals surface area contributed by atoms with Gasteiger partial charge in [0.15, 0.2) is 0 Å². The van der Waals surface area contributed by atoms with Crippen LogP contribution < -0.4 is 5.32 Å². The average molecular weight is 586 g/mol. The van der Waals surface area contributed by atoms with Gasteiger partial charge in [0.05, 0.1) is 12.0 Å². The SMILES string of the molecule is O=NC(CCC(C(=O)N1C(=O)OC[C@@H]1c1ccccc1)C(Nc1ccc(F)cc1)c1ccc(O)cc1)c1ccc(F)cc1. The van der Waals surface area contributed by atoms with Crippen molar-refractivity contribution in [1.29, 1.82) is 0 Å². The molecule has 220 valence electrons. The van der Waals surface area contributed by atoms with Gasteiger partial charge in [0, 0.05) is 5.69 Å². The molecule has 10 heteroatoms. The van der Waals surface area contributed by atoms with Gasteiger partial charge >= 0.3 is 6.09 Å². The van der Waals surface area contributed by atoms with Crippen molar-refractivity contribution in [3.63, 3.8) is 0 Å². The van der Waals surface area contributed by atoms with Gasteiger partial charge in [0.1, 0.15) is 36.1 Å². The van der Waals surface area contributed by atoms with Crippen molar-refractivity contribution in [3.05, 3.63) is 136 Å². The van der Waals surface area contributed by atoms with Gasteiger partial charge in [-0.25, -0.2) is 18.5 Å². The first-order valence-corrected chi connectivity index (χ1v) is 13.8. The molecule has 4 aromatic carbocycles. The van der Waals surface area contributed by atoms with Gasteiger partial charge < -0.3 is 15.2 Å². The number of imide groups is 1. The minimum Gasteiger partial charge on any atom is -0.508 e. The fourth-order valence-corrected chi connectivity index (χ4v) is 5.32. The van der Waals surface area contributed by atoms with Gasteiger partial charge in [-0.05, 0) is 78.1 Å². The molecular weight excluding hydrogens is 556 g/mol. The van der Waals surface area contributed by atoms with Crippen LogP contribution in [0.1, 0.15) is 47.7 Å². The third-order valence-electron chi connectivity index (χ3n) is 7.57. The second-order valence-electron chi connectivity index (χ2n) is 10.3. The second kappa shape index (κ2) is 13.2. The van der Waals surface area contributed by atoms with Crippen molar-refractivity contribution >= 4 is 17.7 Å². The molecule has 4 atom stereocenters. The van der Waals surface area contributed by atoms with Gasteiger partial charge in [0.2, 0.25) is 5.91 Å². The van der Waals surface area contributed by atoms with Crippen LogP contribution >= 0.6 is 0 Å². The summed E-state index contributed by atoms with van der Waals surface area (Å²) in [6, 6.07) is 23.9. The van der Waals surface area contributed by atoms with Crippen molar-refractivity contribution in [2.45, 2.75) is 31.0 Å². The Kier molecular flexibility index (Phi) is 9.05. The van der Waals surface area contributed by atoms with Gasteiger partial charge in [-0.3, -0.25) is 4.79 Å². The number of anilines is 1. The lowest BCUT2D eigenvalue weighted by molar-refractivity contribution is -0.134. The molecule has 0 saturated carbocycles. The number of ether oxygens (including phenoxy) is 1. The maximum atomic E-state index is 14.5. The van der Waals surface area contributed by atoms with Crippen LogP contribution in [0.15, 0.2) is 108 Å². The van der Waals surface area contributed by atoms with E-state index >= 15 is 0 Å². The topological polar surface area (TPSA) is 108 Å². The first-order chi connectivity index (χ1) is 20.8. The Labute approximate surface area is 246 Å². The number of hydrogen-bond donors (Lipinski definition) is 2. The van der Waals surface area contributed by atoms with E-state index < -0.39 is 47.7 Å². The summed E-state index contributed by atoms with van der Waals surface area (Å²) < 4.78 is 32.6. The molecule has 1 aliphatic heterocycles. The van der Waals surface area contributed by atoms with Crippen LogP contribution in [0.3, 0.4) is 0 Å². The Hall–Kier alpha value is -5.12. The summed E-state index contributed by atoms with van der Waals surface area (Å²) in [7, 11) is 0. The normalized spacial score (nSPS) is 16.7.